The van der Waals surface area contributed by atoms with Crippen molar-refractivity contribution in [2.75, 3.05) is 18.1 Å². The van der Waals surface area contributed by atoms with E-state index in [1.54, 1.807) is 39.5 Å². The van der Waals surface area contributed by atoms with Gasteiger partial charge in [-0.15, -0.1) is 0 Å². The molecule has 2 aliphatic heterocycles. The zero-order chi connectivity index (χ0) is 29.8. The Morgan fingerprint density at radius 2 is 1.76 bits per heavy atom. The highest BCUT2D eigenvalue weighted by atomic mass is 19.1. The van der Waals surface area contributed by atoms with Gasteiger partial charge in [0.1, 0.15) is 5.82 Å². The topological polar surface area (TPSA) is 76.1 Å². The number of rotatable bonds is 5. The monoisotopic (exact) mass is 563 g/mol. The SMILES string of the molecule is Cc1cc(F)ccc1C(=O)N1CCc2c1cc(C)c(C(OC(C)(C)C)C(=O)O)c2-c1cc(F)c2c(c1C)CCCO2. The normalized spacial score (nSPS) is 15.3. The molecule has 0 saturated carbocycles. The third-order valence-corrected chi connectivity index (χ3v) is 7.86. The van der Waals surface area contributed by atoms with Gasteiger partial charge in [-0.05, 0) is 125 Å². The standard InChI is InChI=1S/C33H35F2NO5/c1-17-14-20(34)9-10-21(17)31(37)36-12-11-23-26(36)15-18(2)27(30(32(38)39)41-33(4,5)6)28(23)24-16-25(35)29-22(19(24)3)8-7-13-40-29/h9-10,14-16,30H,7-8,11-13H2,1-6H3,(H,38,39). The minimum Gasteiger partial charge on any atom is -0.490 e. The van der Waals surface area contributed by atoms with Gasteiger partial charge >= 0.3 is 5.97 Å². The number of carboxylic acid groups (broad SMARTS) is 1. The van der Waals surface area contributed by atoms with E-state index in [9.17, 15) is 19.1 Å². The van der Waals surface area contributed by atoms with Crippen LogP contribution in [-0.2, 0) is 22.4 Å². The molecule has 1 amide bonds. The Balaban J connectivity index is 1.78. The first-order valence-corrected chi connectivity index (χ1v) is 13.9. The summed E-state index contributed by atoms with van der Waals surface area (Å²) in [6.07, 6.45) is 0.499. The molecule has 0 spiro atoms. The lowest BCUT2D eigenvalue weighted by atomic mass is 9.83. The molecule has 1 N–H and O–H groups in total. The number of nitrogens with zero attached hydrogens (tertiary/aromatic N) is 1. The van der Waals surface area contributed by atoms with Gasteiger partial charge in [0.25, 0.3) is 5.91 Å². The summed E-state index contributed by atoms with van der Waals surface area (Å²) in [7, 11) is 0. The van der Waals surface area contributed by atoms with Gasteiger partial charge in [0.2, 0.25) is 0 Å². The Kier molecular flexibility index (Phi) is 7.40. The lowest BCUT2D eigenvalue weighted by Crippen LogP contribution is -2.30. The Morgan fingerprint density at radius 1 is 1.02 bits per heavy atom. The van der Waals surface area contributed by atoms with Crippen LogP contribution in [0.3, 0.4) is 0 Å². The molecule has 0 aliphatic carbocycles. The Labute approximate surface area is 238 Å². The fourth-order valence-corrected chi connectivity index (χ4v) is 6.07. The average molecular weight is 564 g/mol. The van der Waals surface area contributed by atoms with E-state index in [0.717, 1.165) is 23.1 Å². The zero-order valence-corrected chi connectivity index (χ0v) is 24.3. The van der Waals surface area contributed by atoms with Gasteiger partial charge in [0, 0.05) is 28.9 Å². The molecule has 0 aromatic heterocycles. The van der Waals surface area contributed by atoms with Gasteiger partial charge in [-0.3, -0.25) is 4.79 Å². The first-order chi connectivity index (χ1) is 19.3. The molecular weight excluding hydrogens is 528 g/mol. The number of carbonyl (C=O) groups is 2. The largest absolute Gasteiger partial charge is 0.490 e. The smallest absolute Gasteiger partial charge is 0.337 e. The van der Waals surface area contributed by atoms with E-state index >= 15 is 4.39 Å². The Morgan fingerprint density at radius 3 is 2.41 bits per heavy atom. The quantitative estimate of drug-likeness (QED) is 0.361. The molecule has 5 rings (SSSR count). The first-order valence-electron chi connectivity index (χ1n) is 13.9. The summed E-state index contributed by atoms with van der Waals surface area (Å²) < 4.78 is 41.1. The van der Waals surface area contributed by atoms with Crippen LogP contribution in [0.2, 0.25) is 0 Å². The van der Waals surface area contributed by atoms with Crippen LogP contribution in [-0.4, -0.2) is 35.7 Å². The van der Waals surface area contributed by atoms with Crippen LogP contribution in [0, 0.1) is 32.4 Å². The highest BCUT2D eigenvalue weighted by molar-refractivity contribution is 6.09. The van der Waals surface area contributed by atoms with Gasteiger partial charge in [0.15, 0.2) is 17.7 Å². The number of aryl methyl sites for hydroxylation is 2. The zero-order valence-electron chi connectivity index (χ0n) is 24.3. The number of hydrogen-bond acceptors (Lipinski definition) is 4. The van der Waals surface area contributed by atoms with Crippen LogP contribution < -0.4 is 9.64 Å². The predicted octanol–water partition coefficient (Wildman–Crippen LogP) is 7.03. The molecule has 41 heavy (non-hydrogen) atoms. The summed E-state index contributed by atoms with van der Waals surface area (Å²) in [5.74, 6) is -2.11. The molecule has 8 heteroatoms. The van der Waals surface area contributed by atoms with Crippen molar-refractivity contribution in [3.05, 3.63) is 80.9 Å². The van der Waals surface area contributed by atoms with Crippen molar-refractivity contribution in [2.24, 2.45) is 0 Å². The lowest BCUT2D eigenvalue weighted by Gasteiger charge is -2.30. The van der Waals surface area contributed by atoms with Gasteiger partial charge in [0.05, 0.1) is 12.2 Å². The average Bonchev–Trinajstić information content (AvgIpc) is 3.31. The second-order valence-electron chi connectivity index (χ2n) is 11.9. The number of benzene rings is 3. The number of ether oxygens (including phenoxy) is 2. The molecular formula is C33H35F2NO5. The number of anilines is 1. The van der Waals surface area contributed by atoms with Crippen molar-refractivity contribution in [3.8, 4) is 16.9 Å². The third-order valence-electron chi connectivity index (χ3n) is 7.86. The van der Waals surface area contributed by atoms with Crippen molar-refractivity contribution in [1.29, 1.82) is 0 Å². The maximum atomic E-state index is 15.5. The van der Waals surface area contributed by atoms with E-state index in [0.29, 0.717) is 65.1 Å². The molecule has 0 fully saturated rings. The number of hydrogen-bond donors (Lipinski definition) is 1. The highest BCUT2D eigenvalue weighted by Gasteiger charge is 2.37. The fraction of sp³-hybridized carbons (Fsp3) is 0.394. The van der Waals surface area contributed by atoms with E-state index in [2.05, 4.69) is 0 Å². The first kappa shape index (κ1) is 28.7. The molecule has 1 unspecified atom stereocenters. The molecule has 1 atom stereocenters. The van der Waals surface area contributed by atoms with Crippen molar-refractivity contribution in [1.82, 2.24) is 0 Å². The molecule has 3 aromatic rings. The summed E-state index contributed by atoms with van der Waals surface area (Å²) in [5.41, 5.74) is 5.29. The Hall–Kier alpha value is -3.78. The van der Waals surface area contributed by atoms with Crippen LogP contribution in [0.1, 0.15) is 77.0 Å². The Bertz CT molecular complexity index is 1570. The summed E-state index contributed by atoms with van der Waals surface area (Å²) in [6, 6.07) is 7.30. The van der Waals surface area contributed by atoms with Crippen LogP contribution >= 0.6 is 0 Å². The minimum atomic E-state index is -1.32. The summed E-state index contributed by atoms with van der Waals surface area (Å²) in [5, 5.41) is 10.4. The maximum Gasteiger partial charge on any atom is 0.337 e. The van der Waals surface area contributed by atoms with Crippen LogP contribution in [0.15, 0.2) is 30.3 Å². The van der Waals surface area contributed by atoms with Crippen molar-refractivity contribution < 1.29 is 33.0 Å². The maximum absolute atomic E-state index is 15.5. The number of carboxylic acids is 1. The molecule has 2 heterocycles. The molecule has 3 aromatic carbocycles. The van der Waals surface area contributed by atoms with Crippen LogP contribution in [0.4, 0.5) is 14.5 Å². The number of fused-ring (bicyclic) bond motifs is 2. The second kappa shape index (κ2) is 10.6. The molecule has 0 radical (unpaired) electrons. The van der Waals surface area contributed by atoms with Gasteiger partial charge < -0.3 is 19.5 Å². The molecule has 6 nitrogen and oxygen atoms in total. The third kappa shape index (κ3) is 5.21. The van der Waals surface area contributed by atoms with Crippen LogP contribution in [0.5, 0.6) is 5.75 Å². The lowest BCUT2D eigenvalue weighted by molar-refractivity contribution is -0.160. The fourth-order valence-electron chi connectivity index (χ4n) is 6.07. The van der Waals surface area contributed by atoms with Crippen LogP contribution in [0.25, 0.3) is 11.1 Å². The number of halogens is 2. The second-order valence-corrected chi connectivity index (χ2v) is 11.9. The van der Waals surface area contributed by atoms with Gasteiger partial charge in [-0.1, -0.05) is 0 Å². The molecule has 0 bridgehead atoms. The van der Waals surface area contributed by atoms with Gasteiger partial charge in [-0.2, -0.15) is 0 Å². The van der Waals surface area contributed by atoms with E-state index in [1.807, 2.05) is 13.0 Å². The molecule has 0 saturated heterocycles. The summed E-state index contributed by atoms with van der Waals surface area (Å²) in [6.45, 7) is 11.5. The summed E-state index contributed by atoms with van der Waals surface area (Å²) >= 11 is 0. The minimum absolute atomic E-state index is 0.243. The highest BCUT2D eigenvalue weighted by Crippen LogP contribution is 2.48. The van der Waals surface area contributed by atoms with Crippen molar-refractivity contribution in [3.63, 3.8) is 0 Å². The van der Waals surface area contributed by atoms with E-state index < -0.39 is 29.3 Å². The number of amides is 1. The van der Waals surface area contributed by atoms with Crippen molar-refractivity contribution >= 4 is 17.6 Å². The number of carbonyl (C=O) groups excluding carboxylic acids is 1. The molecule has 216 valence electrons. The van der Waals surface area contributed by atoms with E-state index in [-0.39, 0.29) is 11.7 Å². The predicted molar refractivity (Wildman–Crippen MR) is 153 cm³/mol. The van der Waals surface area contributed by atoms with E-state index in [1.165, 1.54) is 24.3 Å². The summed E-state index contributed by atoms with van der Waals surface area (Å²) in [4.78, 5) is 28.1. The number of aliphatic carboxylic acids is 1. The van der Waals surface area contributed by atoms with E-state index in [4.69, 9.17) is 9.47 Å². The van der Waals surface area contributed by atoms with Crippen molar-refractivity contribution in [2.45, 2.75) is 72.5 Å². The van der Waals surface area contributed by atoms with Gasteiger partial charge in [-0.25, -0.2) is 13.6 Å². The molecule has 2 aliphatic rings.